The third-order valence-electron chi connectivity index (χ3n) is 19.1. The van der Waals surface area contributed by atoms with Crippen molar-refractivity contribution in [1.29, 1.82) is 0 Å². The van der Waals surface area contributed by atoms with Gasteiger partial charge < -0.3 is 20.3 Å². The van der Waals surface area contributed by atoms with Gasteiger partial charge in [-0.3, -0.25) is 9.59 Å². The predicted octanol–water partition coefficient (Wildman–Crippen LogP) is 27.2. The van der Waals surface area contributed by atoms with E-state index in [1.165, 1.54) is 360 Å². The standard InChI is InChI=1S/C84H159NO5/c1-3-5-7-9-11-13-15-17-19-21-22-23-39-42-45-48-52-56-60-64-68-72-76-82(87)81(80-86)85-83(88)77-73-69-65-61-57-53-49-46-43-40-37-35-33-31-29-27-25-24-26-28-30-32-34-36-38-41-44-47-51-55-59-63-67-71-75-79-90-84(89)78-74-70-66-62-58-54-50-20-18-16-14-12-10-8-6-4-2/h14,16,20,26,28,32,34,50,81-82,86-87H,3-13,15,17-19,21-25,27,29-31,33,35-49,51-80H2,1-2H3,(H,85,88)/b16-14-,28-26-,34-32-,50-20-. The lowest BCUT2D eigenvalue weighted by Crippen LogP contribution is -2.45. The van der Waals surface area contributed by atoms with Crippen LogP contribution >= 0.6 is 0 Å². The van der Waals surface area contributed by atoms with Crippen LogP contribution in [0.5, 0.6) is 0 Å². The molecule has 6 nitrogen and oxygen atoms in total. The van der Waals surface area contributed by atoms with Crippen LogP contribution in [0.3, 0.4) is 0 Å². The van der Waals surface area contributed by atoms with Crippen molar-refractivity contribution >= 4 is 11.9 Å². The Bertz CT molecular complexity index is 1500. The van der Waals surface area contributed by atoms with Gasteiger partial charge in [0.15, 0.2) is 0 Å². The molecule has 2 atom stereocenters. The molecule has 0 fully saturated rings. The Hall–Kier alpha value is -2.18. The molecule has 0 rings (SSSR count). The molecule has 0 aromatic carbocycles. The van der Waals surface area contributed by atoms with E-state index in [-0.39, 0.29) is 18.5 Å². The van der Waals surface area contributed by atoms with E-state index in [1.54, 1.807) is 0 Å². The molecule has 0 saturated carbocycles. The van der Waals surface area contributed by atoms with Gasteiger partial charge in [0, 0.05) is 12.8 Å². The van der Waals surface area contributed by atoms with Crippen LogP contribution < -0.4 is 5.32 Å². The summed E-state index contributed by atoms with van der Waals surface area (Å²) < 4.78 is 5.49. The molecule has 530 valence electrons. The van der Waals surface area contributed by atoms with E-state index in [0.717, 1.165) is 57.8 Å². The largest absolute Gasteiger partial charge is 0.466 e. The van der Waals surface area contributed by atoms with Gasteiger partial charge in [-0.05, 0) is 89.9 Å². The highest BCUT2D eigenvalue weighted by Gasteiger charge is 2.20. The van der Waals surface area contributed by atoms with Crippen molar-refractivity contribution in [2.45, 2.75) is 463 Å². The summed E-state index contributed by atoms with van der Waals surface area (Å²) in [6.45, 7) is 4.97. The summed E-state index contributed by atoms with van der Waals surface area (Å²) in [4.78, 5) is 24.7. The number of nitrogens with one attached hydrogen (secondary N) is 1. The van der Waals surface area contributed by atoms with Crippen LogP contribution in [0.1, 0.15) is 450 Å². The van der Waals surface area contributed by atoms with Crippen molar-refractivity contribution in [3.05, 3.63) is 48.6 Å². The average Bonchev–Trinajstić information content (AvgIpc) is 3.60. The minimum Gasteiger partial charge on any atom is -0.466 e. The molecule has 0 aliphatic heterocycles. The van der Waals surface area contributed by atoms with Crippen LogP contribution in [0, 0.1) is 0 Å². The summed E-state index contributed by atoms with van der Waals surface area (Å²) in [7, 11) is 0. The topological polar surface area (TPSA) is 95.9 Å². The zero-order valence-electron chi connectivity index (χ0n) is 60.9. The first-order valence-corrected chi connectivity index (χ1v) is 40.9. The molecule has 6 heteroatoms. The molecule has 1 amide bonds. The van der Waals surface area contributed by atoms with Crippen LogP contribution in [0.2, 0.25) is 0 Å². The quantitative estimate of drug-likeness (QED) is 0.0320. The van der Waals surface area contributed by atoms with E-state index >= 15 is 0 Å². The lowest BCUT2D eigenvalue weighted by Gasteiger charge is -2.22. The van der Waals surface area contributed by atoms with Gasteiger partial charge in [-0.1, -0.05) is 396 Å². The summed E-state index contributed by atoms with van der Waals surface area (Å²) in [6, 6.07) is -0.542. The predicted molar refractivity (Wildman–Crippen MR) is 398 cm³/mol. The van der Waals surface area contributed by atoms with Gasteiger partial charge in [0.05, 0.1) is 25.4 Å². The van der Waals surface area contributed by atoms with Crippen molar-refractivity contribution in [3.63, 3.8) is 0 Å². The van der Waals surface area contributed by atoms with Gasteiger partial charge >= 0.3 is 5.97 Å². The summed E-state index contributed by atoms with van der Waals surface area (Å²) in [6.07, 6.45) is 105. The number of carbonyl (C=O) groups is 2. The highest BCUT2D eigenvalue weighted by Crippen LogP contribution is 2.20. The molecule has 0 spiro atoms. The Balaban J connectivity index is 3.38. The maximum Gasteiger partial charge on any atom is 0.305 e. The number of rotatable bonds is 77. The summed E-state index contributed by atoms with van der Waals surface area (Å²) in [5, 5.41) is 23.5. The molecule has 0 saturated heterocycles. The number of esters is 1. The van der Waals surface area contributed by atoms with Gasteiger partial charge in [0.1, 0.15) is 0 Å². The number of aliphatic hydroxyl groups excluding tert-OH is 2. The van der Waals surface area contributed by atoms with Crippen LogP contribution in [-0.4, -0.2) is 47.4 Å². The first kappa shape index (κ1) is 87.8. The fourth-order valence-corrected chi connectivity index (χ4v) is 12.9. The number of allylic oxidation sites excluding steroid dienone is 8. The number of hydrogen-bond acceptors (Lipinski definition) is 5. The lowest BCUT2D eigenvalue weighted by molar-refractivity contribution is -0.143. The monoisotopic (exact) mass is 1260 g/mol. The average molecular weight is 1260 g/mol. The minimum absolute atomic E-state index is 0.00381. The van der Waals surface area contributed by atoms with Gasteiger partial charge in [0.2, 0.25) is 5.91 Å². The Labute approximate surface area is 563 Å². The second-order valence-corrected chi connectivity index (χ2v) is 28.1. The highest BCUT2D eigenvalue weighted by molar-refractivity contribution is 5.76. The van der Waals surface area contributed by atoms with Gasteiger partial charge in [0.25, 0.3) is 0 Å². The molecular weight excluding hydrogens is 1100 g/mol. The maximum absolute atomic E-state index is 12.6. The number of ether oxygens (including phenoxy) is 1. The molecule has 0 radical (unpaired) electrons. The summed E-state index contributed by atoms with van der Waals surface area (Å²) in [5.74, 6) is -0.0239. The highest BCUT2D eigenvalue weighted by atomic mass is 16.5. The third kappa shape index (κ3) is 74.9. The number of amides is 1. The zero-order chi connectivity index (χ0) is 64.9. The lowest BCUT2D eigenvalue weighted by atomic mass is 10.0. The molecule has 90 heavy (non-hydrogen) atoms. The van der Waals surface area contributed by atoms with Crippen LogP contribution in [0.25, 0.3) is 0 Å². The fraction of sp³-hybridized carbons (Fsp3) is 0.881. The normalized spacial score (nSPS) is 12.7. The molecule has 0 heterocycles. The Morgan fingerprint density at radius 1 is 0.311 bits per heavy atom. The van der Waals surface area contributed by atoms with E-state index in [0.29, 0.717) is 25.9 Å². The summed E-state index contributed by atoms with van der Waals surface area (Å²) in [5.41, 5.74) is 0. The van der Waals surface area contributed by atoms with Crippen LogP contribution in [-0.2, 0) is 14.3 Å². The van der Waals surface area contributed by atoms with Crippen molar-refractivity contribution in [2.75, 3.05) is 13.2 Å². The van der Waals surface area contributed by atoms with Gasteiger partial charge in [-0.25, -0.2) is 0 Å². The summed E-state index contributed by atoms with van der Waals surface area (Å²) >= 11 is 0. The Morgan fingerprint density at radius 3 is 0.856 bits per heavy atom. The number of carbonyl (C=O) groups excluding carboxylic acids is 2. The van der Waals surface area contributed by atoms with E-state index in [1.807, 2.05) is 0 Å². The number of hydrogen-bond donors (Lipinski definition) is 3. The van der Waals surface area contributed by atoms with E-state index < -0.39 is 12.1 Å². The number of unbranched alkanes of at least 4 members (excludes halogenated alkanes) is 58. The van der Waals surface area contributed by atoms with Gasteiger partial charge in [-0.15, -0.1) is 0 Å². The van der Waals surface area contributed by atoms with E-state index in [4.69, 9.17) is 4.74 Å². The van der Waals surface area contributed by atoms with Crippen LogP contribution in [0.4, 0.5) is 0 Å². The molecule has 0 aliphatic carbocycles. The number of aliphatic hydroxyl groups is 2. The smallest absolute Gasteiger partial charge is 0.305 e. The molecular formula is C84H159NO5. The van der Waals surface area contributed by atoms with Crippen molar-refractivity contribution < 1.29 is 24.5 Å². The Kier molecular flexibility index (Phi) is 77.3. The van der Waals surface area contributed by atoms with Crippen molar-refractivity contribution in [1.82, 2.24) is 5.32 Å². The van der Waals surface area contributed by atoms with E-state index in [2.05, 4.69) is 67.8 Å². The second-order valence-electron chi connectivity index (χ2n) is 28.1. The van der Waals surface area contributed by atoms with Crippen molar-refractivity contribution in [2.24, 2.45) is 0 Å². The zero-order valence-corrected chi connectivity index (χ0v) is 60.9. The molecule has 0 aromatic heterocycles. The molecule has 0 aromatic rings. The second kappa shape index (κ2) is 79.3. The third-order valence-corrected chi connectivity index (χ3v) is 19.1. The molecule has 3 N–H and O–H groups in total. The van der Waals surface area contributed by atoms with E-state index in [9.17, 15) is 19.8 Å². The Morgan fingerprint density at radius 2 is 0.556 bits per heavy atom. The SMILES string of the molecule is CCCCCC/C=C\C/C=C\CCCCCCCC(=O)OCCCCCCCCCCCCC/C=C\C/C=C\CCCCCCCCCCCCCCCCCCCC(=O)NC(CO)C(O)CCCCCCCCCCCCCCCCCCCCCCCC. The molecule has 0 bridgehead atoms. The molecule has 0 aliphatic rings. The first-order valence-electron chi connectivity index (χ1n) is 40.9. The maximum atomic E-state index is 12.6. The van der Waals surface area contributed by atoms with Crippen LogP contribution in [0.15, 0.2) is 48.6 Å². The molecule has 2 unspecified atom stereocenters. The van der Waals surface area contributed by atoms with Gasteiger partial charge in [-0.2, -0.15) is 0 Å². The van der Waals surface area contributed by atoms with Crippen molar-refractivity contribution in [3.8, 4) is 0 Å². The first-order chi connectivity index (χ1) is 44.5. The minimum atomic E-state index is -0.665. The fourth-order valence-electron chi connectivity index (χ4n) is 12.9.